The summed E-state index contributed by atoms with van der Waals surface area (Å²) in [6.45, 7) is 5.26. The first kappa shape index (κ1) is 28.2. The van der Waals surface area contributed by atoms with E-state index in [4.69, 9.17) is 39.5 Å². The van der Waals surface area contributed by atoms with Crippen LogP contribution in [0.1, 0.15) is 22.3 Å². The third-order valence-corrected chi connectivity index (χ3v) is 6.82. The van der Waals surface area contributed by atoms with Crippen molar-refractivity contribution in [1.82, 2.24) is 5.32 Å². The Bertz CT molecular complexity index is 1540. The number of nitrogens with zero attached hydrogens (tertiary/aromatic N) is 1. The first-order valence-corrected chi connectivity index (χ1v) is 12.7. The largest absolute Gasteiger partial charge is 0.481 e. The monoisotopic (exact) mass is 585 g/mol. The van der Waals surface area contributed by atoms with E-state index in [1.807, 2.05) is 26.0 Å². The fraction of sp³-hybridized carbons (Fsp3) is 0.143. The third kappa shape index (κ3) is 6.25. The van der Waals surface area contributed by atoms with E-state index in [1.54, 1.807) is 25.1 Å². The normalized spacial score (nSPS) is 14.5. The minimum Gasteiger partial charge on any atom is -0.481 e. The number of hydrogen-bond acceptors (Lipinski definition) is 5. The number of halogens is 3. The quantitative estimate of drug-likeness (QED) is 0.262. The number of imide groups is 2. The van der Waals surface area contributed by atoms with Crippen molar-refractivity contribution < 1.29 is 23.9 Å². The maximum Gasteiger partial charge on any atom is 0.335 e. The fourth-order valence-electron chi connectivity index (χ4n) is 3.86. The van der Waals surface area contributed by atoms with Crippen molar-refractivity contribution in [3.05, 3.63) is 91.4 Å². The molecule has 1 saturated heterocycles. The molecule has 0 unspecified atom stereocenters. The molecule has 0 aliphatic carbocycles. The maximum absolute atomic E-state index is 13.2. The molecule has 1 aliphatic heterocycles. The van der Waals surface area contributed by atoms with Crippen molar-refractivity contribution >= 4 is 76.0 Å². The van der Waals surface area contributed by atoms with Crippen LogP contribution in [0.2, 0.25) is 15.1 Å². The van der Waals surface area contributed by atoms with Crippen molar-refractivity contribution in [2.45, 2.75) is 20.8 Å². The Morgan fingerprint density at radius 1 is 0.923 bits per heavy atom. The highest BCUT2D eigenvalue weighted by Gasteiger charge is 2.37. The van der Waals surface area contributed by atoms with Gasteiger partial charge in [-0.05, 0) is 73.9 Å². The van der Waals surface area contributed by atoms with E-state index < -0.39 is 23.8 Å². The predicted octanol–water partition coefficient (Wildman–Crippen LogP) is 6.26. The Labute approximate surface area is 239 Å². The smallest absolute Gasteiger partial charge is 0.335 e. The predicted molar refractivity (Wildman–Crippen MR) is 152 cm³/mol. The molecule has 1 fully saturated rings. The van der Waals surface area contributed by atoms with Gasteiger partial charge in [0.1, 0.15) is 5.57 Å². The van der Waals surface area contributed by atoms with Crippen LogP contribution in [-0.2, 0) is 14.4 Å². The molecule has 11 heteroatoms. The van der Waals surface area contributed by atoms with Gasteiger partial charge in [-0.25, -0.2) is 9.69 Å². The van der Waals surface area contributed by atoms with Crippen LogP contribution in [0, 0.1) is 20.8 Å². The molecule has 0 atom stereocenters. The molecule has 0 aromatic heterocycles. The van der Waals surface area contributed by atoms with Gasteiger partial charge in [-0.3, -0.25) is 19.7 Å². The van der Waals surface area contributed by atoms with E-state index in [9.17, 15) is 19.2 Å². The Morgan fingerprint density at radius 2 is 1.62 bits per heavy atom. The van der Waals surface area contributed by atoms with E-state index in [0.717, 1.165) is 21.6 Å². The average Bonchev–Trinajstić information content (AvgIpc) is 2.85. The second-order valence-electron chi connectivity index (χ2n) is 8.86. The number of carbonyl (C=O) groups excluding carboxylic acids is 4. The van der Waals surface area contributed by atoms with Crippen LogP contribution in [0.3, 0.4) is 0 Å². The summed E-state index contributed by atoms with van der Waals surface area (Å²) in [6, 6.07) is 12.2. The molecule has 0 saturated carbocycles. The molecule has 1 heterocycles. The summed E-state index contributed by atoms with van der Waals surface area (Å²) >= 11 is 18.9. The lowest BCUT2D eigenvalue weighted by atomic mass is 10.1. The molecule has 0 spiro atoms. The first-order valence-electron chi connectivity index (χ1n) is 11.6. The van der Waals surface area contributed by atoms with Gasteiger partial charge in [0.15, 0.2) is 12.4 Å². The summed E-state index contributed by atoms with van der Waals surface area (Å²) < 4.78 is 5.55. The van der Waals surface area contributed by atoms with Crippen molar-refractivity contribution in [2.24, 2.45) is 0 Å². The van der Waals surface area contributed by atoms with Gasteiger partial charge in [0, 0.05) is 10.7 Å². The van der Waals surface area contributed by atoms with Crippen LogP contribution in [0.4, 0.5) is 16.2 Å². The molecule has 5 amide bonds. The zero-order chi connectivity index (χ0) is 28.4. The Morgan fingerprint density at radius 3 is 2.26 bits per heavy atom. The Balaban J connectivity index is 1.53. The lowest BCUT2D eigenvalue weighted by Gasteiger charge is -2.26. The lowest BCUT2D eigenvalue weighted by Crippen LogP contribution is -2.54. The summed E-state index contributed by atoms with van der Waals surface area (Å²) in [7, 11) is 0. The van der Waals surface area contributed by atoms with Crippen molar-refractivity contribution in [3.8, 4) is 5.75 Å². The van der Waals surface area contributed by atoms with Crippen molar-refractivity contribution in [2.75, 3.05) is 16.8 Å². The number of rotatable bonds is 6. The average molecular weight is 587 g/mol. The van der Waals surface area contributed by atoms with Crippen LogP contribution >= 0.6 is 34.8 Å². The number of carbonyl (C=O) groups is 4. The van der Waals surface area contributed by atoms with Crippen LogP contribution in [0.25, 0.3) is 6.08 Å². The number of benzene rings is 3. The van der Waals surface area contributed by atoms with Crippen LogP contribution in [-0.4, -0.2) is 30.4 Å². The van der Waals surface area contributed by atoms with Crippen molar-refractivity contribution in [3.63, 3.8) is 0 Å². The van der Waals surface area contributed by atoms with Gasteiger partial charge in [0.2, 0.25) is 0 Å². The summed E-state index contributed by atoms with van der Waals surface area (Å²) in [4.78, 5) is 51.3. The van der Waals surface area contributed by atoms with E-state index in [0.29, 0.717) is 16.3 Å². The molecule has 2 N–H and O–H groups in total. The fourth-order valence-corrected chi connectivity index (χ4v) is 4.65. The second kappa shape index (κ2) is 11.5. The zero-order valence-electron chi connectivity index (χ0n) is 21.0. The molecule has 39 heavy (non-hydrogen) atoms. The van der Waals surface area contributed by atoms with E-state index in [2.05, 4.69) is 10.6 Å². The van der Waals surface area contributed by atoms with Gasteiger partial charge in [-0.1, -0.05) is 58.6 Å². The molecular weight excluding hydrogens is 565 g/mol. The molecule has 3 aromatic carbocycles. The van der Waals surface area contributed by atoms with E-state index in [1.165, 1.54) is 24.3 Å². The van der Waals surface area contributed by atoms with Gasteiger partial charge >= 0.3 is 6.03 Å². The highest BCUT2D eigenvalue weighted by molar-refractivity contribution is 6.40. The standard InChI is InChI=1S/C28H22Cl3N3O5/c1-14-4-7-23(16(3)8-14)32-24(35)13-39-25-21(30)10-17(11-22(25)31)9-19-26(36)33-28(38)34(27(19)37)18-6-5-15(2)20(29)12-18/h4-12H,13H2,1-3H3,(H,32,35)(H,33,36,38)/b19-9+. The van der Waals surface area contributed by atoms with Gasteiger partial charge in [-0.15, -0.1) is 0 Å². The van der Waals surface area contributed by atoms with E-state index in [-0.39, 0.29) is 33.7 Å². The summed E-state index contributed by atoms with van der Waals surface area (Å²) in [5, 5.41) is 5.37. The number of urea groups is 1. The molecule has 200 valence electrons. The number of ether oxygens (including phenoxy) is 1. The number of barbiturate groups is 1. The number of anilines is 2. The molecule has 0 bridgehead atoms. The van der Waals surface area contributed by atoms with Gasteiger partial charge < -0.3 is 10.1 Å². The van der Waals surface area contributed by atoms with Gasteiger partial charge in [-0.2, -0.15) is 0 Å². The van der Waals surface area contributed by atoms with Gasteiger partial charge in [0.25, 0.3) is 17.7 Å². The van der Waals surface area contributed by atoms with Crippen LogP contribution in [0.15, 0.2) is 54.1 Å². The number of hydrogen-bond donors (Lipinski definition) is 2. The minimum atomic E-state index is -0.902. The lowest BCUT2D eigenvalue weighted by molar-refractivity contribution is -0.122. The van der Waals surface area contributed by atoms with Gasteiger partial charge in [0.05, 0.1) is 15.7 Å². The summed E-state index contributed by atoms with van der Waals surface area (Å²) in [6.07, 6.45) is 1.25. The molecule has 3 aromatic rings. The SMILES string of the molecule is Cc1ccc(NC(=O)COc2c(Cl)cc(/C=C3\C(=O)NC(=O)N(c4ccc(C)c(Cl)c4)C3=O)cc2Cl)c(C)c1. The molecule has 0 radical (unpaired) electrons. The zero-order valence-corrected chi connectivity index (χ0v) is 23.3. The van der Waals surface area contributed by atoms with Crippen LogP contribution in [0.5, 0.6) is 5.75 Å². The third-order valence-electron chi connectivity index (χ3n) is 5.85. The molecule has 8 nitrogen and oxygen atoms in total. The number of aryl methyl sites for hydroxylation is 3. The topological polar surface area (TPSA) is 105 Å². The van der Waals surface area contributed by atoms with Crippen molar-refractivity contribution in [1.29, 1.82) is 0 Å². The highest BCUT2D eigenvalue weighted by Crippen LogP contribution is 2.35. The van der Waals surface area contributed by atoms with Crippen LogP contribution < -0.4 is 20.3 Å². The highest BCUT2D eigenvalue weighted by atomic mass is 35.5. The maximum atomic E-state index is 13.2. The summed E-state index contributed by atoms with van der Waals surface area (Å²) in [5.41, 5.74) is 3.57. The summed E-state index contributed by atoms with van der Waals surface area (Å²) in [5.74, 6) is -2.08. The molecular formula is C28H22Cl3N3O5. The molecule has 1 aliphatic rings. The number of amides is 5. The minimum absolute atomic E-state index is 0.0515. The number of nitrogens with one attached hydrogen (secondary N) is 2. The second-order valence-corrected chi connectivity index (χ2v) is 10.1. The molecule has 4 rings (SSSR count). The van der Waals surface area contributed by atoms with E-state index >= 15 is 0 Å². The Kier molecular flexibility index (Phi) is 8.30. The Hall–Kier alpha value is -3.85. The first-order chi connectivity index (χ1) is 18.4.